The molecule has 1 aliphatic rings. The molecule has 0 aromatic heterocycles. The van der Waals surface area contributed by atoms with E-state index in [1.807, 2.05) is 17.8 Å². The van der Waals surface area contributed by atoms with Crippen LogP contribution in [0.2, 0.25) is 0 Å². The van der Waals surface area contributed by atoms with Gasteiger partial charge in [0.05, 0.1) is 0 Å². The minimum Gasteiger partial charge on any atom is -0.326 e. The third-order valence-electron chi connectivity index (χ3n) is 3.44. The van der Waals surface area contributed by atoms with Crippen molar-refractivity contribution in [1.29, 1.82) is 0 Å². The topological polar surface area (TPSA) is 41.1 Å². The van der Waals surface area contributed by atoms with E-state index in [1.54, 1.807) is 0 Å². The number of benzene rings is 1. The third kappa shape index (κ3) is 5.00. The molecule has 112 valence electrons. The molecule has 1 saturated heterocycles. The molecule has 5 heteroatoms. The molecule has 0 bridgehead atoms. The van der Waals surface area contributed by atoms with Crippen LogP contribution in [0.3, 0.4) is 0 Å². The van der Waals surface area contributed by atoms with E-state index in [1.165, 1.54) is 11.1 Å². The Hall–Kier alpha value is -0.710. The summed E-state index contributed by atoms with van der Waals surface area (Å²) in [5.41, 5.74) is 3.49. The van der Waals surface area contributed by atoms with Crippen molar-refractivity contribution in [3.05, 3.63) is 29.3 Å². The monoisotopic (exact) mass is 314 g/mol. The van der Waals surface area contributed by atoms with Gasteiger partial charge in [0, 0.05) is 36.2 Å². The molecule has 1 aliphatic heterocycles. The van der Waals surface area contributed by atoms with Gasteiger partial charge in [-0.3, -0.25) is 4.79 Å². The molecule has 1 atom stereocenters. The number of amides is 1. The zero-order chi connectivity index (χ0) is 13.7. The molecule has 1 fully saturated rings. The summed E-state index contributed by atoms with van der Waals surface area (Å²) < 4.78 is 0. The number of carbonyl (C=O) groups is 1. The van der Waals surface area contributed by atoms with Gasteiger partial charge in [-0.15, -0.1) is 12.4 Å². The number of aryl methyl sites for hydroxylation is 2. The predicted molar refractivity (Wildman–Crippen MR) is 90.2 cm³/mol. The first-order valence-corrected chi connectivity index (χ1v) is 8.05. The van der Waals surface area contributed by atoms with Gasteiger partial charge < -0.3 is 10.6 Å². The number of nitrogens with one attached hydrogen (secondary N) is 2. The van der Waals surface area contributed by atoms with Gasteiger partial charge in [0.15, 0.2) is 0 Å². The second-order valence-corrected chi connectivity index (χ2v) is 6.12. The fourth-order valence-corrected chi connectivity index (χ4v) is 3.27. The molecule has 0 radical (unpaired) electrons. The zero-order valence-corrected chi connectivity index (χ0v) is 13.7. The van der Waals surface area contributed by atoms with Crippen LogP contribution in [0.25, 0.3) is 0 Å². The van der Waals surface area contributed by atoms with Gasteiger partial charge in [0.1, 0.15) is 0 Å². The molecule has 2 N–H and O–H groups in total. The summed E-state index contributed by atoms with van der Waals surface area (Å²) in [6.45, 7) is 5.25. The molecule has 1 aromatic rings. The Morgan fingerprint density at radius 1 is 1.50 bits per heavy atom. The molecular formula is C15H23ClN2OS. The third-order valence-corrected chi connectivity index (χ3v) is 4.57. The quantitative estimate of drug-likeness (QED) is 0.897. The predicted octanol–water partition coefficient (Wildman–Crippen LogP) is 3.01. The average molecular weight is 315 g/mol. The molecule has 0 spiro atoms. The Kier molecular flexibility index (Phi) is 7.41. The van der Waals surface area contributed by atoms with E-state index in [2.05, 4.69) is 36.6 Å². The summed E-state index contributed by atoms with van der Waals surface area (Å²) in [4.78, 5) is 12.0. The molecule has 0 aliphatic carbocycles. The highest BCUT2D eigenvalue weighted by molar-refractivity contribution is 7.99. The number of rotatable bonds is 4. The van der Waals surface area contributed by atoms with E-state index in [0.717, 1.165) is 30.2 Å². The van der Waals surface area contributed by atoms with Crippen LogP contribution in [0.5, 0.6) is 0 Å². The highest BCUT2D eigenvalue weighted by atomic mass is 35.5. The van der Waals surface area contributed by atoms with Gasteiger partial charge >= 0.3 is 0 Å². The molecule has 20 heavy (non-hydrogen) atoms. The van der Waals surface area contributed by atoms with E-state index in [9.17, 15) is 4.79 Å². The second-order valence-electron chi connectivity index (χ2n) is 4.97. The lowest BCUT2D eigenvalue weighted by molar-refractivity contribution is -0.116. The number of carbonyl (C=O) groups excluding carboxylic acids is 1. The Balaban J connectivity index is 0.00000200. The fraction of sp³-hybridized carbons (Fsp3) is 0.533. The first-order valence-electron chi connectivity index (χ1n) is 6.89. The van der Waals surface area contributed by atoms with Crippen LogP contribution >= 0.6 is 24.2 Å². The molecule has 0 saturated carbocycles. The van der Waals surface area contributed by atoms with Gasteiger partial charge in [-0.05, 0) is 36.6 Å². The van der Waals surface area contributed by atoms with Gasteiger partial charge in [-0.2, -0.15) is 11.8 Å². The maximum Gasteiger partial charge on any atom is 0.225 e. The molecule has 1 amide bonds. The fourth-order valence-electron chi connectivity index (χ4n) is 2.32. The molecule has 1 heterocycles. The van der Waals surface area contributed by atoms with Gasteiger partial charge in [0.25, 0.3) is 0 Å². The first kappa shape index (κ1) is 17.3. The lowest BCUT2D eigenvalue weighted by atomic mass is 10.1. The molecule has 1 aromatic carbocycles. The summed E-state index contributed by atoms with van der Waals surface area (Å²) >= 11 is 1.92. The lowest BCUT2D eigenvalue weighted by Crippen LogP contribution is -2.39. The summed E-state index contributed by atoms with van der Waals surface area (Å²) in [6, 6.07) is 6.45. The summed E-state index contributed by atoms with van der Waals surface area (Å²) in [5.74, 6) is 2.28. The Morgan fingerprint density at radius 3 is 2.95 bits per heavy atom. The number of hydrogen-bond acceptors (Lipinski definition) is 3. The van der Waals surface area contributed by atoms with Crippen LogP contribution in [0.15, 0.2) is 18.2 Å². The van der Waals surface area contributed by atoms with Crippen molar-refractivity contribution in [2.24, 2.45) is 0 Å². The maximum atomic E-state index is 12.0. The van der Waals surface area contributed by atoms with E-state index >= 15 is 0 Å². The van der Waals surface area contributed by atoms with E-state index in [4.69, 9.17) is 0 Å². The highest BCUT2D eigenvalue weighted by Crippen LogP contribution is 2.17. The van der Waals surface area contributed by atoms with Gasteiger partial charge in [-0.25, -0.2) is 0 Å². The number of hydrogen-bond donors (Lipinski definition) is 2. The molecule has 2 rings (SSSR count). The van der Waals surface area contributed by atoms with Crippen LogP contribution in [0.1, 0.15) is 24.5 Å². The zero-order valence-electron chi connectivity index (χ0n) is 12.1. The van der Waals surface area contributed by atoms with E-state index < -0.39 is 0 Å². The summed E-state index contributed by atoms with van der Waals surface area (Å²) in [6.07, 6.45) is 1.55. The average Bonchev–Trinajstić information content (AvgIpc) is 2.42. The summed E-state index contributed by atoms with van der Waals surface area (Å²) in [5, 5.41) is 6.39. The van der Waals surface area contributed by atoms with Crippen molar-refractivity contribution < 1.29 is 4.79 Å². The van der Waals surface area contributed by atoms with E-state index in [0.29, 0.717) is 12.5 Å². The molecule has 1 unspecified atom stereocenters. The Labute approximate surface area is 131 Å². The highest BCUT2D eigenvalue weighted by Gasteiger charge is 2.16. The molecule has 3 nitrogen and oxygen atoms in total. The Bertz CT molecular complexity index is 447. The van der Waals surface area contributed by atoms with Crippen molar-refractivity contribution in [3.8, 4) is 0 Å². The second kappa shape index (κ2) is 8.55. The molecular weight excluding hydrogens is 292 g/mol. The van der Waals surface area contributed by atoms with Crippen molar-refractivity contribution >= 4 is 35.8 Å². The maximum absolute atomic E-state index is 12.0. The SMILES string of the molecule is CCc1cc(NC(=O)CC2CSCCN2)ccc1C.Cl. The van der Waals surface area contributed by atoms with Gasteiger partial charge in [0.2, 0.25) is 5.91 Å². The Morgan fingerprint density at radius 2 is 2.30 bits per heavy atom. The van der Waals surface area contributed by atoms with Gasteiger partial charge in [-0.1, -0.05) is 13.0 Å². The largest absolute Gasteiger partial charge is 0.326 e. The van der Waals surface area contributed by atoms with Crippen molar-refractivity contribution in [2.45, 2.75) is 32.7 Å². The van der Waals surface area contributed by atoms with Crippen molar-refractivity contribution in [2.75, 3.05) is 23.4 Å². The number of halogens is 1. The van der Waals surface area contributed by atoms with Crippen LogP contribution < -0.4 is 10.6 Å². The standard InChI is InChI=1S/C15H22N2OS.ClH/c1-3-12-8-13(5-4-11(12)2)17-15(18)9-14-10-19-7-6-16-14;/h4-5,8,14,16H,3,6-7,9-10H2,1-2H3,(H,17,18);1H. The minimum atomic E-state index is 0. The van der Waals surface area contributed by atoms with Crippen LogP contribution in [-0.4, -0.2) is 30.0 Å². The van der Waals surface area contributed by atoms with Crippen molar-refractivity contribution in [3.63, 3.8) is 0 Å². The van der Waals surface area contributed by atoms with Crippen LogP contribution in [-0.2, 0) is 11.2 Å². The normalized spacial score (nSPS) is 18.2. The minimum absolute atomic E-state index is 0. The first-order chi connectivity index (χ1) is 9.19. The summed E-state index contributed by atoms with van der Waals surface area (Å²) in [7, 11) is 0. The van der Waals surface area contributed by atoms with Crippen molar-refractivity contribution in [1.82, 2.24) is 5.32 Å². The van der Waals surface area contributed by atoms with E-state index in [-0.39, 0.29) is 18.3 Å². The number of thioether (sulfide) groups is 1. The van der Waals surface area contributed by atoms with Crippen LogP contribution in [0, 0.1) is 6.92 Å². The number of anilines is 1. The van der Waals surface area contributed by atoms with Crippen LogP contribution in [0.4, 0.5) is 5.69 Å². The smallest absolute Gasteiger partial charge is 0.225 e. The lowest BCUT2D eigenvalue weighted by Gasteiger charge is -2.22.